The summed E-state index contributed by atoms with van der Waals surface area (Å²) in [6, 6.07) is 19.1. The Morgan fingerprint density at radius 2 is 1.86 bits per heavy atom. The minimum absolute atomic E-state index is 0.586. The summed E-state index contributed by atoms with van der Waals surface area (Å²) in [4.78, 5) is 2.29. The number of aryl methyl sites for hydroxylation is 1. The second-order valence-electron chi connectivity index (χ2n) is 5.78. The van der Waals surface area contributed by atoms with Crippen LogP contribution in [0, 0.1) is 0 Å². The summed E-state index contributed by atoms with van der Waals surface area (Å²) in [6.07, 6.45) is 2.18. The molecule has 1 atom stereocenters. The molecule has 0 bridgehead atoms. The van der Waals surface area contributed by atoms with E-state index in [-0.39, 0.29) is 0 Å². The van der Waals surface area contributed by atoms with Gasteiger partial charge >= 0.3 is 0 Å². The molecule has 0 radical (unpaired) electrons. The lowest BCUT2D eigenvalue weighted by molar-refractivity contribution is 0.518. The number of hydrogen-bond acceptors (Lipinski definition) is 1. The number of nitrogens with one attached hydrogen (secondary N) is 1. The van der Waals surface area contributed by atoms with Crippen LogP contribution in [0.25, 0.3) is 0 Å². The van der Waals surface area contributed by atoms with Gasteiger partial charge in [-0.1, -0.05) is 55.5 Å². The average Bonchev–Trinajstić information content (AvgIpc) is 3.06. The number of thiocarbonyl (C=S) groups is 1. The molecular weight excluding hydrogens is 288 g/mol. The molecule has 1 N–H and O–H groups in total. The van der Waals surface area contributed by atoms with Crippen LogP contribution < -0.4 is 5.32 Å². The Labute approximate surface area is 138 Å². The van der Waals surface area contributed by atoms with Crippen LogP contribution in [0.5, 0.6) is 0 Å². The average molecular weight is 310 g/mol. The SMILES string of the molecule is CCc1ccccc1NC(=S)N1CC[C@@H](c2ccccc2)C1. The Kier molecular flexibility index (Phi) is 4.74. The van der Waals surface area contributed by atoms with Gasteiger partial charge in [-0.3, -0.25) is 0 Å². The third-order valence-electron chi connectivity index (χ3n) is 4.39. The van der Waals surface area contributed by atoms with Gasteiger partial charge in [-0.25, -0.2) is 0 Å². The first-order chi connectivity index (χ1) is 10.8. The van der Waals surface area contributed by atoms with Crippen molar-refractivity contribution in [1.82, 2.24) is 4.90 Å². The quantitative estimate of drug-likeness (QED) is 0.844. The van der Waals surface area contributed by atoms with Crippen LogP contribution in [0.3, 0.4) is 0 Å². The molecule has 22 heavy (non-hydrogen) atoms. The first kappa shape index (κ1) is 15.0. The van der Waals surface area contributed by atoms with Gasteiger partial charge in [0.15, 0.2) is 5.11 Å². The molecule has 2 nitrogen and oxygen atoms in total. The van der Waals surface area contributed by atoms with Crippen LogP contribution in [0.1, 0.15) is 30.4 Å². The topological polar surface area (TPSA) is 15.3 Å². The smallest absolute Gasteiger partial charge is 0.173 e. The van der Waals surface area contributed by atoms with E-state index in [1.54, 1.807) is 0 Å². The van der Waals surface area contributed by atoms with Crippen molar-refractivity contribution in [3.05, 3.63) is 65.7 Å². The van der Waals surface area contributed by atoms with Crippen molar-refractivity contribution in [1.29, 1.82) is 0 Å². The lowest BCUT2D eigenvalue weighted by atomic mass is 9.99. The monoisotopic (exact) mass is 310 g/mol. The van der Waals surface area contributed by atoms with Crippen LogP contribution in [-0.4, -0.2) is 23.1 Å². The van der Waals surface area contributed by atoms with Gasteiger partial charge in [-0.2, -0.15) is 0 Å². The third kappa shape index (κ3) is 3.30. The fourth-order valence-electron chi connectivity index (χ4n) is 3.09. The molecule has 1 fully saturated rings. The van der Waals surface area contributed by atoms with E-state index in [2.05, 4.69) is 71.7 Å². The summed E-state index contributed by atoms with van der Waals surface area (Å²) in [5, 5.41) is 4.28. The molecule has 0 amide bonds. The van der Waals surface area contributed by atoms with Gasteiger partial charge in [0.1, 0.15) is 0 Å². The summed E-state index contributed by atoms with van der Waals surface area (Å²) < 4.78 is 0. The van der Waals surface area contributed by atoms with E-state index >= 15 is 0 Å². The van der Waals surface area contributed by atoms with Gasteiger partial charge in [-0.05, 0) is 42.3 Å². The van der Waals surface area contributed by atoms with Crippen molar-refractivity contribution >= 4 is 23.0 Å². The molecule has 1 aliphatic heterocycles. The number of likely N-dealkylation sites (tertiary alicyclic amines) is 1. The summed E-state index contributed by atoms with van der Waals surface area (Å²) in [5.74, 6) is 0.586. The van der Waals surface area contributed by atoms with Gasteiger partial charge in [-0.15, -0.1) is 0 Å². The van der Waals surface area contributed by atoms with E-state index in [1.807, 2.05) is 0 Å². The zero-order chi connectivity index (χ0) is 15.4. The Morgan fingerprint density at radius 1 is 1.14 bits per heavy atom. The highest BCUT2D eigenvalue weighted by Gasteiger charge is 2.25. The number of para-hydroxylation sites is 1. The standard InChI is InChI=1S/C19H22N2S/c1-2-15-8-6-7-11-18(15)20-19(22)21-13-12-17(14-21)16-9-4-3-5-10-16/h3-11,17H,2,12-14H2,1H3,(H,20,22)/t17-/m1/s1. The maximum Gasteiger partial charge on any atom is 0.173 e. The number of nitrogens with zero attached hydrogens (tertiary/aromatic N) is 1. The van der Waals surface area contributed by atoms with Gasteiger partial charge in [0.2, 0.25) is 0 Å². The summed E-state index contributed by atoms with van der Waals surface area (Å²) >= 11 is 5.62. The second-order valence-corrected chi connectivity index (χ2v) is 6.17. The van der Waals surface area contributed by atoms with E-state index < -0.39 is 0 Å². The first-order valence-corrected chi connectivity index (χ1v) is 8.37. The molecule has 1 aliphatic rings. The van der Waals surface area contributed by atoms with E-state index in [1.165, 1.54) is 17.5 Å². The van der Waals surface area contributed by atoms with Crippen LogP contribution in [0.4, 0.5) is 5.69 Å². The van der Waals surface area contributed by atoms with Crippen LogP contribution in [0.15, 0.2) is 54.6 Å². The molecule has 3 rings (SSSR count). The maximum absolute atomic E-state index is 5.62. The highest BCUT2D eigenvalue weighted by atomic mass is 32.1. The summed E-state index contributed by atoms with van der Waals surface area (Å²) in [5.41, 5.74) is 3.86. The van der Waals surface area contributed by atoms with Gasteiger partial charge < -0.3 is 10.2 Å². The van der Waals surface area contributed by atoms with Crippen molar-refractivity contribution in [2.45, 2.75) is 25.7 Å². The molecule has 1 saturated heterocycles. The fraction of sp³-hybridized carbons (Fsp3) is 0.316. The predicted octanol–water partition coefficient (Wildman–Crippen LogP) is 4.44. The lowest BCUT2D eigenvalue weighted by Gasteiger charge is -2.22. The third-order valence-corrected chi connectivity index (χ3v) is 4.75. The molecule has 0 unspecified atom stereocenters. The Balaban J connectivity index is 1.64. The molecule has 2 aromatic rings. The fourth-order valence-corrected chi connectivity index (χ4v) is 3.36. The summed E-state index contributed by atoms with van der Waals surface area (Å²) in [6.45, 7) is 4.20. The number of anilines is 1. The molecule has 0 spiro atoms. The van der Waals surface area contributed by atoms with Crippen molar-refractivity contribution in [3.63, 3.8) is 0 Å². The Hall–Kier alpha value is -1.87. The minimum atomic E-state index is 0.586. The molecule has 0 aromatic heterocycles. The van der Waals surface area contributed by atoms with Crippen LogP contribution in [0.2, 0.25) is 0 Å². The molecule has 1 heterocycles. The zero-order valence-electron chi connectivity index (χ0n) is 13.0. The van der Waals surface area contributed by atoms with Crippen molar-refractivity contribution in [2.75, 3.05) is 18.4 Å². The summed E-state index contributed by atoms with van der Waals surface area (Å²) in [7, 11) is 0. The van der Waals surface area contributed by atoms with Crippen molar-refractivity contribution in [3.8, 4) is 0 Å². The highest BCUT2D eigenvalue weighted by molar-refractivity contribution is 7.80. The van der Waals surface area contributed by atoms with E-state index in [4.69, 9.17) is 12.2 Å². The zero-order valence-corrected chi connectivity index (χ0v) is 13.8. The number of rotatable bonds is 3. The van der Waals surface area contributed by atoms with Crippen LogP contribution >= 0.6 is 12.2 Å². The Morgan fingerprint density at radius 3 is 2.64 bits per heavy atom. The highest BCUT2D eigenvalue weighted by Crippen LogP contribution is 2.27. The number of benzene rings is 2. The minimum Gasteiger partial charge on any atom is -0.348 e. The molecular formula is C19H22N2S. The van der Waals surface area contributed by atoms with Crippen molar-refractivity contribution in [2.24, 2.45) is 0 Å². The molecule has 3 heteroatoms. The van der Waals surface area contributed by atoms with Crippen LogP contribution in [-0.2, 0) is 6.42 Å². The molecule has 0 aliphatic carbocycles. The molecule has 2 aromatic carbocycles. The van der Waals surface area contributed by atoms with Gasteiger partial charge in [0.25, 0.3) is 0 Å². The lowest BCUT2D eigenvalue weighted by Crippen LogP contribution is -2.32. The predicted molar refractivity (Wildman–Crippen MR) is 97.4 cm³/mol. The molecule has 114 valence electrons. The van der Waals surface area contributed by atoms with E-state index in [0.29, 0.717) is 5.92 Å². The normalized spacial score (nSPS) is 17.5. The number of hydrogen-bond donors (Lipinski definition) is 1. The van der Waals surface area contributed by atoms with E-state index in [9.17, 15) is 0 Å². The maximum atomic E-state index is 5.62. The first-order valence-electron chi connectivity index (χ1n) is 7.96. The van der Waals surface area contributed by atoms with E-state index in [0.717, 1.165) is 30.3 Å². The van der Waals surface area contributed by atoms with Crippen molar-refractivity contribution < 1.29 is 0 Å². The largest absolute Gasteiger partial charge is 0.348 e. The van der Waals surface area contributed by atoms with Gasteiger partial charge in [0.05, 0.1) is 0 Å². The molecule has 0 saturated carbocycles. The Bertz CT molecular complexity index is 639. The second kappa shape index (κ2) is 6.93. The van der Waals surface area contributed by atoms with Gasteiger partial charge in [0, 0.05) is 24.7 Å².